The molecular weight excluding hydrogens is 646 g/mol. The van der Waals surface area contributed by atoms with E-state index in [0.717, 1.165) is 10.8 Å². The number of carbonyl (C=O) groups is 4. The number of aliphatic hydroxyl groups is 1. The largest absolute Gasteiger partial charge is 0.455 e. The lowest BCUT2D eigenvalue weighted by Crippen LogP contribution is -2.56. The lowest BCUT2D eigenvalue weighted by molar-refractivity contribution is -0.160. The number of likely N-dealkylation sites (tertiary alicyclic amines) is 1. The molecule has 51 heavy (non-hydrogen) atoms. The number of anilines is 1. The van der Waals surface area contributed by atoms with Gasteiger partial charge in [0.1, 0.15) is 17.7 Å². The number of amides is 3. The molecule has 2 bridgehead atoms. The fraction of sp³-hybridized carbons (Fsp3) is 0.415. The van der Waals surface area contributed by atoms with Gasteiger partial charge in [-0.3, -0.25) is 19.2 Å². The van der Waals surface area contributed by atoms with Crippen LogP contribution in [0.25, 0.3) is 10.8 Å². The quantitative estimate of drug-likeness (QED) is 0.112. The molecule has 2 N–H and O–H groups in total. The maximum absolute atomic E-state index is 14.9. The summed E-state index contributed by atoms with van der Waals surface area (Å²) < 4.78 is 12.8. The highest BCUT2D eigenvalue weighted by Gasteiger charge is 2.75. The number of benzene rings is 3. The first-order chi connectivity index (χ1) is 24.8. The highest BCUT2D eigenvalue weighted by atomic mass is 16.6. The van der Waals surface area contributed by atoms with Gasteiger partial charge in [-0.2, -0.15) is 0 Å². The molecule has 3 saturated heterocycles. The van der Waals surface area contributed by atoms with E-state index in [1.54, 1.807) is 22.0 Å². The van der Waals surface area contributed by atoms with Crippen molar-refractivity contribution < 1.29 is 33.8 Å². The van der Waals surface area contributed by atoms with Crippen LogP contribution < -0.4 is 10.2 Å². The van der Waals surface area contributed by atoms with Gasteiger partial charge in [-0.25, -0.2) is 0 Å². The van der Waals surface area contributed by atoms with Crippen molar-refractivity contribution in [2.24, 2.45) is 11.8 Å². The third kappa shape index (κ3) is 7.21. The van der Waals surface area contributed by atoms with Gasteiger partial charge in [-0.1, -0.05) is 72.8 Å². The zero-order valence-corrected chi connectivity index (χ0v) is 29.0. The van der Waals surface area contributed by atoms with Crippen molar-refractivity contribution >= 4 is 40.2 Å². The van der Waals surface area contributed by atoms with Gasteiger partial charge in [-0.15, -0.1) is 13.2 Å². The van der Waals surface area contributed by atoms with Crippen LogP contribution in [0.2, 0.25) is 0 Å². The summed E-state index contributed by atoms with van der Waals surface area (Å²) in [7, 11) is 0. The fourth-order valence-corrected chi connectivity index (χ4v) is 8.10. The number of hydrogen-bond acceptors (Lipinski definition) is 7. The number of aliphatic hydroxyl groups excluding tert-OH is 1. The molecule has 0 saturated carbocycles. The van der Waals surface area contributed by atoms with Gasteiger partial charge in [0, 0.05) is 31.8 Å². The molecule has 3 aromatic rings. The third-order valence-corrected chi connectivity index (χ3v) is 10.5. The minimum Gasteiger partial charge on any atom is -0.455 e. The van der Waals surface area contributed by atoms with Crippen molar-refractivity contribution in [2.75, 3.05) is 31.1 Å². The molecule has 6 rings (SSSR count). The Bertz CT molecular complexity index is 1760. The standard InChI is InChI=1S/C41H47N3O7/c1-3-5-18-34(46)42-27-33(29-15-8-6-9-16-29)50-40(49)35-32-21-22-41(51-32)36(35)38(47)44(24-12-7-13-25-45)37(41)39(48)43(23-4-2)31-20-19-28-14-10-11-17-30(28)26-31/h3-4,6,8-11,14-17,19-20,26,32-33,35-37,45H,1-2,5,7,12-13,18,21-25,27H2,(H,42,46)/t32-,33+,35+,36+,37-,41+/m0/s1. The zero-order chi connectivity index (χ0) is 36.0. The topological polar surface area (TPSA) is 125 Å². The van der Waals surface area contributed by atoms with Crippen LogP contribution in [0.5, 0.6) is 0 Å². The summed E-state index contributed by atoms with van der Waals surface area (Å²) in [5.41, 5.74) is 0.174. The Morgan fingerprint density at radius 3 is 2.53 bits per heavy atom. The number of ether oxygens (including phenoxy) is 2. The van der Waals surface area contributed by atoms with Gasteiger partial charge in [0.2, 0.25) is 11.8 Å². The Morgan fingerprint density at radius 2 is 1.78 bits per heavy atom. The molecule has 10 heteroatoms. The first kappa shape index (κ1) is 36.0. The average Bonchev–Trinajstić information content (AvgIpc) is 3.80. The molecule has 10 nitrogen and oxygen atoms in total. The summed E-state index contributed by atoms with van der Waals surface area (Å²) in [6, 6.07) is 22.0. The highest BCUT2D eigenvalue weighted by Crippen LogP contribution is 2.59. The molecule has 268 valence electrons. The Hall–Kier alpha value is -4.80. The summed E-state index contributed by atoms with van der Waals surface area (Å²) in [5, 5.41) is 14.3. The normalized spacial score (nSPS) is 23.9. The zero-order valence-electron chi connectivity index (χ0n) is 29.0. The number of hydrogen-bond donors (Lipinski definition) is 2. The van der Waals surface area contributed by atoms with Gasteiger partial charge in [0.05, 0.1) is 24.5 Å². The van der Waals surface area contributed by atoms with Crippen LogP contribution in [0.15, 0.2) is 98.1 Å². The summed E-state index contributed by atoms with van der Waals surface area (Å²) in [6.45, 7) is 8.19. The molecule has 3 fully saturated rings. The van der Waals surface area contributed by atoms with Gasteiger partial charge in [0.15, 0.2) is 0 Å². The monoisotopic (exact) mass is 693 g/mol. The van der Waals surface area contributed by atoms with E-state index in [9.17, 15) is 24.3 Å². The van der Waals surface area contributed by atoms with Crippen molar-refractivity contribution in [1.29, 1.82) is 0 Å². The van der Waals surface area contributed by atoms with Crippen LogP contribution in [-0.2, 0) is 28.7 Å². The second kappa shape index (κ2) is 16.0. The molecule has 3 aliphatic heterocycles. The molecule has 3 heterocycles. The number of allylic oxidation sites excluding steroid dienone is 1. The molecule has 0 aromatic heterocycles. The van der Waals surface area contributed by atoms with E-state index >= 15 is 0 Å². The van der Waals surface area contributed by atoms with E-state index in [0.29, 0.717) is 49.8 Å². The van der Waals surface area contributed by atoms with Crippen LogP contribution >= 0.6 is 0 Å². The van der Waals surface area contributed by atoms with Gasteiger partial charge >= 0.3 is 5.97 Å². The second-order valence-corrected chi connectivity index (χ2v) is 13.6. The van der Waals surface area contributed by atoms with E-state index in [1.165, 1.54) is 0 Å². The van der Waals surface area contributed by atoms with Crippen LogP contribution in [0.1, 0.15) is 56.6 Å². The Labute approximate surface area is 299 Å². The maximum atomic E-state index is 14.9. The van der Waals surface area contributed by atoms with E-state index in [1.807, 2.05) is 72.8 Å². The number of nitrogens with zero attached hydrogens (tertiary/aromatic N) is 2. The number of fused-ring (bicyclic) bond motifs is 2. The van der Waals surface area contributed by atoms with Crippen molar-refractivity contribution in [3.63, 3.8) is 0 Å². The molecule has 3 aliphatic rings. The molecule has 6 atom stereocenters. The van der Waals surface area contributed by atoms with Crippen molar-refractivity contribution in [3.8, 4) is 0 Å². The fourth-order valence-electron chi connectivity index (χ4n) is 8.10. The highest BCUT2D eigenvalue weighted by molar-refractivity contribution is 6.05. The summed E-state index contributed by atoms with van der Waals surface area (Å²) >= 11 is 0. The Kier molecular flexibility index (Phi) is 11.3. The molecule has 0 unspecified atom stereocenters. The second-order valence-electron chi connectivity index (χ2n) is 13.6. The van der Waals surface area contributed by atoms with Crippen molar-refractivity contribution in [1.82, 2.24) is 10.2 Å². The Morgan fingerprint density at radius 1 is 1.02 bits per heavy atom. The minimum absolute atomic E-state index is 0.0357. The first-order valence-electron chi connectivity index (χ1n) is 18.0. The smallest absolute Gasteiger partial charge is 0.313 e. The lowest BCUT2D eigenvalue weighted by atomic mass is 9.70. The van der Waals surface area contributed by atoms with Crippen molar-refractivity contribution in [3.05, 3.63) is 104 Å². The number of unbranched alkanes of at least 4 members (excludes halogenated alkanes) is 2. The Balaban J connectivity index is 1.31. The molecular formula is C41H47N3O7. The lowest BCUT2D eigenvalue weighted by Gasteiger charge is -2.37. The first-order valence-corrected chi connectivity index (χ1v) is 18.0. The molecule has 0 radical (unpaired) electrons. The SMILES string of the molecule is C=CCCC(=O)NC[C@@H](OC(=O)[C@@H]1[C@@H]2CC[C@]3(O2)[C@H](C(=O)N(CC=C)c2ccc4ccccc4c2)N(CCCCCO)C(=O)[C@@H]13)c1ccccc1. The molecule has 3 aromatic carbocycles. The summed E-state index contributed by atoms with van der Waals surface area (Å²) in [6.07, 6.45) is 5.52. The minimum atomic E-state index is -1.21. The van der Waals surface area contributed by atoms with Crippen LogP contribution in [0.3, 0.4) is 0 Å². The predicted octanol–water partition coefficient (Wildman–Crippen LogP) is 5.26. The molecule has 0 aliphatic carbocycles. The van der Waals surface area contributed by atoms with Gasteiger partial charge in [0.25, 0.3) is 5.91 Å². The van der Waals surface area contributed by atoms with E-state index in [-0.39, 0.29) is 50.4 Å². The van der Waals surface area contributed by atoms with Gasteiger partial charge in [-0.05, 0) is 67.0 Å². The number of carbonyl (C=O) groups excluding carboxylic acids is 4. The summed E-state index contributed by atoms with van der Waals surface area (Å²) in [5.74, 6) is -3.18. The van der Waals surface area contributed by atoms with E-state index < -0.39 is 41.7 Å². The number of rotatable bonds is 17. The molecule has 1 spiro atoms. The van der Waals surface area contributed by atoms with Gasteiger partial charge < -0.3 is 29.7 Å². The predicted molar refractivity (Wildman–Crippen MR) is 194 cm³/mol. The third-order valence-electron chi connectivity index (χ3n) is 10.5. The van der Waals surface area contributed by atoms with E-state index in [2.05, 4.69) is 18.5 Å². The average molecular weight is 694 g/mol. The van der Waals surface area contributed by atoms with Crippen LogP contribution in [-0.4, -0.2) is 77.7 Å². The number of nitrogens with one attached hydrogen (secondary N) is 1. The maximum Gasteiger partial charge on any atom is 0.313 e. The van der Waals surface area contributed by atoms with Crippen LogP contribution in [0, 0.1) is 11.8 Å². The molecule has 3 amide bonds. The van der Waals surface area contributed by atoms with Crippen LogP contribution in [0.4, 0.5) is 5.69 Å². The summed E-state index contributed by atoms with van der Waals surface area (Å²) in [4.78, 5) is 59.5. The van der Waals surface area contributed by atoms with E-state index in [4.69, 9.17) is 9.47 Å². The number of esters is 1. The van der Waals surface area contributed by atoms with Crippen molar-refractivity contribution in [2.45, 2.75) is 68.8 Å².